The molecule has 2 aliphatic heterocycles. The van der Waals surface area contributed by atoms with Crippen molar-refractivity contribution >= 4 is 5.91 Å². The number of carbonyl (C=O) groups is 1. The highest BCUT2D eigenvalue weighted by Crippen LogP contribution is 2.32. The Bertz CT molecular complexity index is 257. The predicted molar refractivity (Wildman–Crippen MR) is 60.1 cm³/mol. The smallest absolute Gasteiger partial charge is 0.248 e. The summed E-state index contributed by atoms with van der Waals surface area (Å²) in [6, 6.07) is 0. The SMILES string of the molecule is CCOCC(=O)N1CC[C@H]2O[C@@H](C)C[C@H]2C1. The fourth-order valence-electron chi connectivity index (χ4n) is 2.70. The number of amides is 1. The number of fused-ring (bicyclic) bond motifs is 1. The van der Waals surface area contributed by atoms with Gasteiger partial charge in [-0.05, 0) is 26.7 Å². The predicted octanol–water partition coefficient (Wildman–Crippen LogP) is 1.05. The zero-order valence-corrected chi connectivity index (χ0v) is 10.1. The second kappa shape index (κ2) is 5.15. The summed E-state index contributed by atoms with van der Waals surface area (Å²) in [6.45, 7) is 6.52. The van der Waals surface area contributed by atoms with Crippen molar-refractivity contribution in [3.63, 3.8) is 0 Å². The molecular weight excluding hydrogens is 206 g/mol. The van der Waals surface area contributed by atoms with Gasteiger partial charge in [-0.25, -0.2) is 0 Å². The minimum absolute atomic E-state index is 0.125. The van der Waals surface area contributed by atoms with E-state index in [1.165, 1.54) is 0 Å². The molecule has 0 radical (unpaired) electrons. The standard InChI is InChI=1S/C12H21NO3/c1-3-15-8-12(14)13-5-4-11-10(7-13)6-9(2)16-11/h9-11H,3-8H2,1-2H3/t9-,10-,11+/m0/s1. The fraction of sp³-hybridized carbons (Fsp3) is 0.917. The van der Waals surface area contributed by atoms with Crippen LogP contribution in [0.4, 0.5) is 0 Å². The molecule has 4 heteroatoms. The first-order valence-electron chi connectivity index (χ1n) is 6.21. The summed E-state index contributed by atoms with van der Waals surface area (Å²) < 4.78 is 11.0. The molecule has 0 N–H and O–H groups in total. The minimum atomic E-state index is 0.125. The lowest BCUT2D eigenvalue weighted by Crippen LogP contribution is -2.45. The van der Waals surface area contributed by atoms with E-state index in [1.54, 1.807) is 0 Å². The molecule has 0 aromatic carbocycles. The number of likely N-dealkylation sites (tertiary alicyclic amines) is 1. The van der Waals surface area contributed by atoms with Crippen molar-refractivity contribution in [1.29, 1.82) is 0 Å². The zero-order chi connectivity index (χ0) is 11.5. The van der Waals surface area contributed by atoms with Crippen LogP contribution in [-0.4, -0.2) is 49.3 Å². The number of carbonyl (C=O) groups excluding carboxylic acids is 1. The van der Waals surface area contributed by atoms with Gasteiger partial charge in [-0.2, -0.15) is 0 Å². The molecule has 4 nitrogen and oxygen atoms in total. The molecule has 0 aromatic rings. The first kappa shape index (κ1) is 11.9. The summed E-state index contributed by atoms with van der Waals surface area (Å²) in [4.78, 5) is 13.7. The average Bonchev–Trinajstić information content (AvgIpc) is 2.64. The molecule has 0 aliphatic carbocycles. The lowest BCUT2D eigenvalue weighted by atomic mass is 9.93. The average molecular weight is 227 g/mol. The second-order valence-electron chi connectivity index (χ2n) is 4.75. The van der Waals surface area contributed by atoms with Crippen molar-refractivity contribution in [3.8, 4) is 0 Å². The van der Waals surface area contributed by atoms with E-state index in [4.69, 9.17) is 9.47 Å². The molecule has 2 saturated heterocycles. The Morgan fingerprint density at radius 2 is 2.38 bits per heavy atom. The van der Waals surface area contributed by atoms with E-state index in [-0.39, 0.29) is 12.5 Å². The van der Waals surface area contributed by atoms with Crippen molar-refractivity contribution in [3.05, 3.63) is 0 Å². The van der Waals surface area contributed by atoms with Crippen LogP contribution in [0.1, 0.15) is 26.7 Å². The number of rotatable bonds is 3. The molecule has 0 spiro atoms. The molecular formula is C12H21NO3. The molecule has 0 saturated carbocycles. The maximum absolute atomic E-state index is 11.8. The molecule has 2 heterocycles. The van der Waals surface area contributed by atoms with E-state index in [1.807, 2.05) is 11.8 Å². The van der Waals surface area contributed by atoms with Crippen LogP contribution in [-0.2, 0) is 14.3 Å². The van der Waals surface area contributed by atoms with Gasteiger partial charge in [0.05, 0.1) is 12.2 Å². The summed E-state index contributed by atoms with van der Waals surface area (Å²) in [6.07, 6.45) is 2.80. The first-order valence-corrected chi connectivity index (χ1v) is 6.21. The highest BCUT2D eigenvalue weighted by Gasteiger charge is 2.38. The largest absolute Gasteiger partial charge is 0.375 e. The number of hydrogen-bond acceptors (Lipinski definition) is 3. The third kappa shape index (κ3) is 2.55. The zero-order valence-electron chi connectivity index (χ0n) is 10.1. The highest BCUT2D eigenvalue weighted by molar-refractivity contribution is 5.77. The molecule has 1 amide bonds. The maximum Gasteiger partial charge on any atom is 0.248 e. The fourth-order valence-corrected chi connectivity index (χ4v) is 2.70. The van der Waals surface area contributed by atoms with Gasteiger partial charge >= 0.3 is 0 Å². The van der Waals surface area contributed by atoms with E-state index in [2.05, 4.69) is 6.92 Å². The quantitative estimate of drug-likeness (QED) is 0.723. The van der Waals surface area contributed by atoms with Gasteiger partial charge in [0.25, 0.3) is 0 Å². The maximum atomic E-state index is 11.8. The lowest BCUT2D eigenvalue weighted by Gasteiger charge is -2.34. The van der Waals surface area contributed by atoms with Gasteiger partial charge in [0.2, 0.25) is 5.91 Å². The van der Waals surface area contributed by atoms with E-state index in [0.29, 0.717) is 24.7 Å². The van der Waals surface area contributed by atoms with Crippen molar-refractivity contribution in [2.75, 3.05) is 26.3 Å². The Labute approximate surface area is 96.9 Å². The second-order valence-corrected chi connectivity index (χ2v) is 4.75. The Morgan fingerprint density at radius 3 is 3.12 bits per heavy atom. The van der Waals surface area contributed by atoms with Gasteiger partial charge in [0, 0.05) is 25.6 Å². The van der Waals surface area contributed by atoms with Gasteiger partial charge in [0.15, 0.2) is 0 Å². The third-order valence-electron chi connectivity index (χ3n) is 3.49. The number of ether oxygens (including phenoxy) is 2. The molecule has 3 atom stereocenters. The van der Waals surface area contributed by atoms with Crippen LogP contribution in [0.2, 0.25) is 0 Å². The van der Waals surface area contributed by atoms with Crippen LogP contribution in [0, 0.1) is 5.92 Å². The molecule has 92 valence electrons. The van der Waals surface area contributed by atoms with E-state index in [0.717, 1.165) is 25.9 Å². The Morgan fingerprint density at radius 1 is 1.56 bits per heavy atom. The minimum Gasteiger partial charge on any atom is -0.375 e. The van der Waals surface area contributed by atoms with Gasteiger partial charge < -0.3 is 14.4 Å². The van der Waals surface area contributed by atoms with Gasteiger partial charge in [0.1, 0.15) is 6.61 Å². The summed E-state index contributed by atoms with van der Waals surface area (Å²) in [7, 11) is 0. The van der Waals surface area contributed by atoms with Crippen LogP contribution >= 0.6 is 0 Å². The van der Waals surface area contributed by atoms with Gasteiger partial charge in [-0.1, -0.05) is 0 Å². The molecule has 2 fully saturated rings. The van der Waals surface area contributed by atoms with Crippen LogP contribution in [0.15, 0.2) is 0 Å². The molecule has 2 rings (SSSR count). The van der Waals surface area contributed by atoms with E-state index >= 15 is 0 Å². The first-order chi connectivity index (χ1) is 7.70. The van der Waals surface area contributed by atoms with E-state index in [9.17, 15) is 4.79 Å². The number of piperidine rings is 1. The molecule has 16 heavy (non-hydrogen) atoms. The summed E-state index contributed by atoms with van der Waals surface area (Å²) >= 11 is 0. The lowest BCUT2D eigenvalue weighted by molar-refractivity contribution is -0.139. The summed E-state index contributed by atoms with van der Waals surface area (Å²) in [5.41, 5.74) is 0. The molecule has 0 aromatic heterocycles. The van der Waals surface area contributed by atoms with Crippen molar-refractivity contribution in [2.24, 2.45) is 5.92 Å². The van der Waals surface area contributed by atoms with Crippen molar-refractivity contribution in [2.45, 2.75) is 38.9 Å². The third-order valence-corrected chi connectivity index (χ3v) is 3.49. The Balaban J connectivity index is 1.83. The van der Waals surface area contributed by atoms with Crippen molar-refractivity contribution in [1.82, 2.24) is 4.90 Å². The van der Waals surface area contributed by atoms with Crippen molar-refractivity contribution < 1.29 is 14.3 Å². The highest BCUT2D eigenvalue weighted by atomic mass is 16.5. The monoisotopic (exact) mass is 227 g/mol. The number of hydrogen-bond donors (Lipinski definition) is 0. The summed E-state index contributed by atoms with van der Waals surface area (Å²) in [5, 5.41) is 0. The van der Waals surface area contributed by atoms with Crippen LogP contribution in [0.5, 0.6) is 0 Å². The van der Waals surface area contributed by atoms with Gasteiger partial charge in [-0.3, -0.25) is 4.79 Å². The van der Waals surface area contributed by atoms with Crippen LogP contribution in [0.3, 0.4) is 0 Å². The molecule has 2 aliphatic rings. The normalized spacial score (nSPS) is 33.9. The number of nitrogens with zero attached hydrogens (tertiary/aromatic N) is 1. The van der Waals surface area contributed by atoms with E-state index < -0.39 is 0 Å². The van der Waals surface area contributed by atoms with Crippen LogP contribution in [0.25, 0.3) is 0 Å². The molecule has 0 bridgehead atoms. The Kier molecular flexibility index (Phi) is 3.82. The Hall–Kier alpha value is -0.610. The van der Waals surface area contributed by atoms with Crippen LogP contribution < -0.4 is 0 Å². The topological polar surface area (TPSA) is 38.8 Å². The van der Waals surface area contributed by atoms with Gasteiger partial charge in [-0.15, -0.1) is 0 Å². The molecule has 0 unspecified atom stereocenters. The summed E-state index contributed by atoms with van der Waals surface area (Å²) in [5.74, 6) is 0.661.